The van der Waals surface area contributed by atoms with E-state index in [1.54, 1.807) is 9.80 Å². The molecule has 3 rings (SSSR count). The van der Waals surface area contributed by atoms with E-state index in [9.17, 15) is 14.4 Å². The maximum absolute atomic E-state index is 12.5. The molecule has 1 saturated carbocycles. The van der Waals surface area contributed by atoms with Gasteiger partial charge in [-0.2, -0.15) is 0 Å². The van der Waals surface area contributed by atoms with Crippen molar-refractivity contribution in [3.05, 3.63) is 0 Å². The summed E-state index contributed by atoms with van der Waals surface area (Å²) in [4.78, 5) is 40.7. The van der Waals surface area contributed by atoms with Gasteiger partial charge in [-0.25, -0.2) is 4.79 Å². The highest BCUT2D eigenvalue weighted by molar-refractivity contribution is 5.97. The zero-order valence-electron chi connectivity index (χ0n) is 14.6. The van der Waals surface area contributed by atoms with E-state index in [0.717, 1.165) is 25.7 Å². The summed E-state index contributed by atoms with van der Waals surface area (Å²) in [6.07, 6.45) is 5.63. The summed E-state index contributed by atoms with van der Waals surface area (Å²) in [5, 5.41) is 5.91. The van der Waals surface area contributed by atoms with Gasteiger partial charge in [0.1, 0.15) is 12.1 Å². The molecule has 3 fully saturated rings. The highest BCUT2D eigenvalue weighted by Gasteiger charge is 2.45. The molecule has 2 heterocycles. The van der Waals surface area contributed by atoms with Gasteiger partial charge >= 0.3 is 6.03 Å². The molecule has 3 aliphatic rings. The van der Waals surface area contributed by atoms with Gasteiger partial charge in [0, 0.05) is 19.1 Å². The lowest BCUT2D eigenvalue weighted by molar-refractivity contribution is -0.153. The lowest BCUT2D eigenvalue weighted by Crippen LogP contribution is -2.71. The van der Waals surface area contributed by atoms with Crippen LogP contribution in [0.5, 0.6) is 0 Å². The minimum atomic E-state index is -0.557. The number of nitrogens with zero attached hydrogens (tertiary/aromatic N) is 2. The zero-order valence-corrected chi connectivity index (χ0v) is 14.6. The number of urea groups is 1. The monoisotopic (exact) mass is 336 g/mol. The zero-order chi connectivity index (χ0) is 17.3. The van der Waals surface area contributed by atoms with E-state index in [0.29, 0.717) is 13.1 Å². The second-order valence-corrected chi connectivity index (χ2v) is 7.51. The van der Waals surface area contributed by atoms with Crippen LogP contribution in [-0.4, -0.2) is 65.4 Å². The third kappa shape index (κ3) is 3.35. The normalized spacial score (nSPS) is 28.6. The number of fused-ring (bicyclic) bond motifs is 1. The van der Waals surface area contributed by atoms with Crippen molar-refractivity contribution in [2.75, 3.05) is 19.6 Å². The number of nitrogens with one attached hydrogen (secondary N) is 2. The molecule has 0 aromatic carbocycles. The van der Waals surface area contributed by atoms with Crippen LogP contribution in [0, 0.1) is 5.92 Å². The van der Waals surface area contributed by atoms with Crippen LogP contribution in [0.25, 0.3) is 0 Å². The predicted octanol–water partition coefficient (Wildman–Crippen LogP) is 0.696. The molecule has 2 aliphatic heterocycles. The van der Waals surface area contributed by atoms with Crippen LogP contribution in [-0.2, 0) is 9.59 Å². The fraction of sp³-hybridized carbons (Fsp3) is 0.824. The Morgan fingerprint density at radius 2 is 1.88 bits per heavy atom. The van der Waals surface area contributed by atoms with Crippen LogP contribution in [0.4, 0.5) is 4.79 Å². The first-order valence-electron chi connectivity index (χ1n) is 9.13. The summed E-state index contributed by atoms with van der Waals surface area (Å²) < 4.78 is 0. The molecule has 134 valence electrons. The van der Waals surface area contributed by atoms with Crippen molar-refractivity contribution in [1.29, 1.82) is 0 Å². The van der Waals surface area contributed by atoms with Gasteiger partial charge in [0.25, 0.3) is 0 Å². The van der Waals surface area contributed by atoms with Crippen molar-refractivity contribution < 1.29 is 14.4 Å². The van der Waals surface area contributed by atoms with Gasteiger partial charge in [0.2, 0.25) is 11.8 Å². The van der Waals surface area contributed by atoms with Gasteiger partial charge in [0.15, 0.2) is 0 Å². The smallest absolute Gasteiger partial charge is 0.317 e. The van der Waals surface area contributed by atoms with Crippen molar-refractivity contribution in [2.24, 2.45) is 5.92 Å². The van der Waals surface area contributed by atoms with Crippen LogP contribution < -0.4 is 10.6 Å². The summed E-state index contributed by atoms with van der Waals surface area (Å²) in [7, 11) is 0. The highest BCUT2D eigenvalue weighted by Crippen LogP contribution is 2.21. The van der Waals surface area contributed by atoms with Crippen LogP contribution in [0.3, 0.4) is 0 Å². The van der Waals surface area contributed by atoms with Crippen molar-refractivity contribution in [3.8, 4) is 0 Å². The van der Waals surface area contributed by atoms with Crippen molar-refractivity contribution in [1.82, 2.24) is 20.4 Å². The first-order chi connectivity index (χ1) is 11.5. The van der Waals surface area contributed by atoms with Gasteiger partial charge < -0.3 is 20.4 Å². The third-order valence-corrected chi connectivity index (χ3v) is 5.42. The highest BCUT2D eigenvalue weighted by atomic mass is 16.2. The lowest BCUT2D eigenvalue weighted by Gasteiger charge is -2.46. The molecule has 0 aromatic rings. The molecule has 2 saturated heterocycles. The lowest BCUT2D eigenvalue weighted by atomic mass is 9.95. The van der Waals surface area contributed by atoms with Crippen molar-refractivity contribution in [2.45, 2.75) is 64.1 Å². The Hall–Kier alpha value is -1.79. The molecule has 24 heavy (non-hydrogen) atoms. The molecule has 4 amide bonds. The number of hydrogen-bond donors (Lipinski definition) is 2. The average molecular weight is 336 g/mol. The molecule has 7 nitrogen and oxygen atoms in total. The Kier molecular flexibility index (Phi) is 4.96. The van der Waals surface area contributed by atoms with E-state index in [1.807, 2.05) is 13.8 Å². The molecule has 0 aromatic heterocycles. The number of piperazine rings is 2. The topological polar surface area (TPSA) is 81.8 Å². The van der Waals surface area contributed by atoms with E-state index in [1.165, 1.54) is 6.42 Å². The summed E-state index contributed by atoms with van der Waals surface area (Å²) in [6, 6.07) is -0.862. The first kappa shape index (κ1) is 17.0. The molecule has 1 aliphatic carbocycles. The molecule has 0 unspecified atom stereocenters. The average Bonchev–Trinajstić information content (AvgIpc) is 2.58. The van der Waals surface area contributed by atoms with Crippen LogP contribution in [0.15, 0.2) is 0 Å². The molecule has 0 bridgehead atoms. The van der Waals surface area contributed by atoms with Gasteiger partial charge in [-0.3, -0.25) is 9.59 Å². The molecular formula is C17H28N4O3. The van der Waals surface area contributed by atoms with Crippen LogP contribution in [0.1, 0.15) is 46.0 Å². The Morgan fingerprint density at radius 3 is 2.54 bits per heavy atom. The Morgan fingerprint density at radius 1 is 1.17 bits per heavy atom. The number of carbonyl (C=O) groups excluding carboxylic acids is 3. The van der Waals surface area contributed by atoms with Gasteiger partial charge in [0.05, 0.1) is 6.54 Å². The molecule has 2 N–H and O–H groups in total. The third-order valence-electron chi connectivity index (χ3n) is 5.42. The summed E-state index contributed by atoms with van der Waals surface area (Å²) in [5.74, 6) is -0.111. The van der Waals surface area contributed by atoms with E-state index in [4.69, 9.17) is 0 Å². The number of carbonyl (C=O) groups is 3. The SMILES string of the molecule is CC(C)[C@H]1NC(=O)[C@H]2CN(C(=O)NC3CCCCC3)CCN2C1=O. The summed E-state index contributed by atoms with van der Waals surface area (Å²) in [5.41, 5.74) is 0. The van der Waals surface area contributed by atoms with E-state index >= 15 is 0 Å². The van der Waals surface area contributed by atoms with E-state index < -0.39 is 12.1 Å². The maximum Gasteiger partial charge on any atom is 0.317 e. The fourth-order valence-electron chi connectivity index (χ4n) is 3.91. The van der Waals surface area contributed by atoms with Crippen molar-refractivity contribution in [3.63, 3.8) is 0 Å². The van der Waals surface area contributed by atoms with Crippen LogP contribution >= 0.6 is 0 Å². The van der Waals surface area contributed by atoms with Gasteiger partial charge in [-0.1, -0.05) is 33.1 Å². The summed E-state index contributed by atoms with van der Waals surface area (Å²) in [6.45, 7) is 5.05. The standard InChI is InChI=1S/C17H28N4O3/c1-11(2)14-16(23)21-9-8-20(10-13(21)15(22)19-14)17(24)18-12-6-4-3-5-7-12/h11-14H,3-10H2,1-2H3,(H,18,24)(H,19,22)/t13-,14-/m1/s1. The number of amides is 4. The minimum Gasteiger partial charge on any atom is -0.342 e. The van der Waals surface area contributed by atoms with Gasteiger partial charge in [-0.05, 0) is 18.8 Å². The molecular weight excluding hydrogens is 308 g/mol. The second kappa shape index (κ2) is 6.99. The Bertz CT molecular complexity index is 516. The molecule has 7 heteroatoms. The van der Waals surface area contributed by atoms with E-state index in [2.05, 4.69) is 10.6 Å². The fourth-order valence-corrected chi connectivity index (χ4v) is 3.91. The largest absolute Gasteiger partial charge is 0.342 e. The number of rotatable bonds is 2. The maximum atomic E-state index is 12.5. The second-order valence-electron chi connectivity index (χ2n) is 7.51. The first-order valence-corrected chi connectivity index (χ1v) is 9.13. The number of hydrogen-bond acceptors (Lipinski definition) is 3. The summed E-state index contributed by atoms with van der Waals surface area (Å²) >= 11 is 0. The quantitative estimate of drug-likeness (QED) is 0.779. The Labute approximate surface area is 143 Å². The van der Waals surface area contributed by atoms with Gasteiger partial charge in [-0.15, -0.1) is 0 Å². The molecule has 0 spiro atoms. The van der Waals surface area contributed by atoms with E-state index in [-0.39, 0.29) is 36.3 Å². The molecule has 0 radical (unpaired) electrons. The predicted molar refractivity (Wildman–Crippen MR) is 89.2 cm³/mol. The van der Waals surface area contributed by atoms with Crippen LogP contribution in [0.2, 0.25) is 0 Å². The molecule has 2 atom stereocenters. The van der Waals surface area contributed by atoms with Crippen molar-refractivity contribution >= 4 is 17.8 Å². The Balaban J connectivity index is 1.60. The minimum absolute atomic E-state index is 0.0260.